The molecule has 1 saturated carbocycles. The highest BCUT2D eigenvalue weighted by Crippen LogP contribution is 2.34. The second kappa shape index (κ2) is 14.0. The van der Waals surface area contributed by atoms with Crippen molar-refractivity contribution < 1.29 is 14.3 Å². The average Bonchev–Trinajstić information content (AvgIpc) is 3.84. The standard InChI is InChI=1S/C34H40ClN3O3/c1-41-32-11-5-3-8-27(32)16-19-33(39)37-22-6-20-36(24-26-12-17-30(35)18-13-26)21-7-23-38(34(40)28-14-15-28)31-10-4-2-9-29(31)25-37/h2-5,8-13,17-18,28H,6-7,14-16,19-25H2,1H3. The molecule has 7 heteroatoms. The van der Waals surface area contributed by atoms with Crippen LogP contribution in [0.1, 0.15) is 48.8 Å². The Morgan fingerprint density at radius 2 is 1.59 bits per heavy atom. The Balaban J connectivity index is 1.38. The maximum Gasteiger partial charge on any atom is 0.230 e. The molecule has 3 aromatic rings. The van der Waals surface area contributed by atoms with E-state index < -0.39 is 0 Å². The molecule has 0 saturated heterocycles. The van der Waals surface area contributed by atoms with Gasteiger partial charge in [0.15, 0.2) is 0 Å². The number of amides is 2. The van der Waals surface area contributed by atoms with Gasteiger partial charge in [0.25, 0.3) is 0 Å². The summed E-state index contributed by atoms with van der Waals surface area (Å²) in [5, 5.41) is 0.734. The van der Waals surface area contributed by atoms with Crippen molar-refractivity contribution in [2.75, 3.05) is 38.2 Å². The highest BCUT2D eigenvalue weighted by atomic mass is 35.5. The molecule has 1 aliphatic heterocycles. The lowest BCUT2D eigenvalue weighted by Gasteiger charge is -2.32. The fraction of sp³-hybridized carbons (Fsp3) is 0.412. The summed E-state index contributed by atoms with van der Waals surface area (Å²) in [6.45, 7) is 4.38. The average molecular weight is 574 g/mol. The van der Waals surface area contributed by atoms with Crippen molar-refractivity contribution in [1.82, 2.24) is 9.80 Å². The Labute approximate surface area is 248 Å². The summed E-state index contributed by atoms with van der Waals surface area (Å²) >= 11 is 6.12. The van der Waals surface area contributed by atoms with Crippen LogP contribution in [0.15, 0.2) is 72.8 Å². The first kappa shape index (κ1) is 29.2. The van der Waals surface area contributed by atoms with Crippen LogP contribution in [0.4, 0.5) is 5.69 Å². The van der Waals surface area contributed by atoms with E-state index in [1.165, 1.54) is 5.56 Å². The summed E-state index contributed by atoms with van der Waals surface area (Å²) in [4.78, 5) is 33.6. The molecule has 2 aliphatic rings. The molecule has 0 spiro atoms. The summed E-state index contributed by atoms with van der Waals surface area (Å²) in [5.41, 5.74) is 4.22. The molecular formula is C34H40ClN3O3. The van der Waals surface area contributed by atoms with Gasteiger partial charge in [0, 0.05) is 62.3 Å². The number of ether oxygens (including phenoxy) is 1. The fourth-order valence-corrected chi connectivity index (χ4v) is 5.80. The highest BCUT2D eigenvalue weighted by molar-refractivity contribution is 6.30. The number of nitrogens with zero attached hydrogens (tertiary/aromatic N) is 3. The van der Waals surface area contributed by atoms with Gasteiger partial charge in [0.1, 0.15) is 5.75 Å². The number of para-hydroxylation sites is 2. The molecule has 41 heavy (non-hydrogen) atoms. The minimum Gasteiger partial charge on any atom is -0.496 e. The molecule has 0 aromatic heterocycles. The van der Waals surface area contributed by atoms with Gasteiger partial charge in [-0.15, -0.1) is 0 Å². The van der Waals surface area contributed by atoms with Crippen molar-refractivity contribution in [2.45, 2.75) is 51.6 Å². The summed E-state index contributed by atoms with van der Waals surface area (Å²) in [6.07, 6.45) is 4.72. The van der Waals surface area contributed by atoms with Gasteiger partial charge in [0.05, 0.1) is 7.11 Å². The van der Waals surface area contributed by atoms with E-state index in [0.29, 0.717) is 32.5 Å². The zero-order chi connectivity index (χ0) is 28.6. The summed E-state index contributed by atoms with van der Waals surface area (Å²) in [5.74, 6) is 1.27. The Morgan fingerprint density at radius 3 is 2.34 bits per heavy atom. The lowest BCUT2D eigenvalue weighted by Crippen LogP contribution is -2.39. The van der Waals surface area contributed by atoms with E-state index in [2.05, 4.69) is 23.1 Å². The van der Waals surface area contributed by atoms with Gasteiger partial charge in [-0.3, -0.25) is 14.5 Å². The van der Waals surface area contributed by atoms with Gasteiger partial charge in [-0.1, -0.05) is 60.1 Å². The lowest BCUT2D eigenvalue weighted by atomic mass is 10.1. The molecule has 0 atom stereocenters. The van der Waals surface area contributed by atoms with E-state index >= 15 is 0 Å². The van der Waals surface area contributed by atoms with Crippen molar-refractivity contribution in [3.63, 3.8) is 0 Å². The summed E-state index contributed by atoms with van der Waals surface area (Å²) in [7, 11) is 1.67. The van der Waals surface area contributed by atoms with Crippen LogP contribution in [0.3, 0.4) is 0 Å². The summed E-state index contributed by atoms with van der Waals surface area (Å²) in [6, 6.07) is 24.0. The number of methoxy groups -OCH3 is 1. The molecule has 3 aromatic carbocycles. The Morgan fingerprint density at radius 1 is 0.878 bits per heavy atom. The minimum atomic E-state index is 0.118. The number of hydrogen-bond acceptors (Lipinski definition) is 4. The Hall–Kier alpha value is -3.35. The number of rotatable bonds is 7. The number of benzene rings is 3. The smallest absolute Gasteiger partial charge is 0.230 e. The second-order valence-electron chi connectivity index (χ2n) is 11.1. The maximum absolute atomic E-state index is 13.7. The SMILES string of the molecule is COc1ccccc1CCC(=O)N1CCCN(Cc2ccc(Cl)cc2)CCCN(C(=O)C2CC2)c2ccccc2C1. The molecule has 1 heterocycles. The van der Waals surface area contributed by atoms with E-state index in [0.717, 1.165) is 72.9 Å². The monoisotopic (exact) mass is 573 g/mol. The number of carbonyl (C=O) groups excluding carboxylic acids is 2. The Kier molecular flexibility index (Phi) is 9.97. The molecule has 0 bridgehead atoms. The Bertz CT molecular complexity index is 1320. The van der Waals surface area contributed by atoms with Gasteiger partial charge in [-0.2, -0.15) is 0 Å². The maximum atomic E-state index is 13.7. The van der Waals surface area contributed by atoms with Crippen LogP contribution in [-0.2, 0) is 29.1 Å². The number of anilines is 1. The third-order valence-electron chi connectivity index (χ3n) is 8.07. The number of fused-ring (bicyclic) bond motifs is 1. The van der Waals surface area contributed by atoms with Gasteiger partial charge in [-0.25, -0.2) is 0 Å². The molecule has 1 aliphatic carbocycles. The largest absolute Gasteiger partial charge is 0.496 e. The third-order valence-corrected chi connectivity index (χ3v) is 8.32. The molecular weight excluding hydrogens is 534 g/mol. The number of aryl methyl sites for hydroxylation is 1. The van der Waals surface area contributed by atoms with Crippen LogP contribution in [0.5, 0.6) is 5.75 Å². The van der Waals surface area contributed by atoms with Crippen molar-refractivity contribution in [3.8, 4) is 5.75 Å². The predicted molar refractivity (Wildman–Crippen MR) is 164 cm³/mol. The molecule has 0 radical (unpaired) electrons. The van der Waals surface area contributed by atoms with Crippen LogP contribution in [0.25, 0.3) is 0 Å². The first-order chi connectivity index (χ1) is 20.0. The number of halogens is 1. The third kappa shape index (κ3) is 7.90. The molecule has 1 fully saturated rings. The molecule has 0 N–H and O–H groups in total. The van der Waals surface area contributed by atoms with Crippen LogP contribution < -0.4 is 9.64 Å². The molecule has 216 valence electrons. The first-order valence-corrected chi connectivity index (χ1v) is 15.2. The minimum absolute atomic E-state index is 0.118. The van der Waals surface area contributed by atoms with E-state index in [-0.39, 0.29) is 17.7 Å². The quantitative estimate of drug-likeness (QED) is 0.330. The zero-order valence-corrected chi connectivity index (χ0v) is 24.7. The second-order valence-corrected chi connectivity index (χ2v) is 11.6. The fourth-order valence-electron chi connectivity index (χ4n) is 5.67. The van der Waals surface area contributed by atoms with Crippen molar-refractivity contribution >= 4 is 29.1 Å². The van der Waals surface area contributed by atoms with Gasteiger partial charge in [-0.05, 0) is 73.1 Å². The number of carbonyl (C=O) groups is 2. The zero-order valence-electron chi connectivity index (χ0n) is 23.9. The van der Waals surface area contributed by atoms with Gasteiger partial charge in [0.2, 0.25) is 11.8 Å². The normalized spacial score (nSPS) is 16.8. The van der Waals surface area contributed by atoms with Crippen molar-refractivity contribution in [2.24, 2.45) is 5.92 Å². The van der Waals surface area contributed by atoms with Crippen LogP contribution in [0, 0.1) is 5.92 Å². The molecule has 5 rings (SSSR count). The molecule has 2 amide bonds. The van der Waals surface area contributed by atoms with E-state index in [1.54, 1.807) is 7.11 Å². The van der Waals surface area contributed by atoms with Crippen LogP contribution >= 0.6 is 11.6 Å². The van der Waals surface area contributed by atoms with E-state index in [9.17, 15) is 9.59 Å². The van der Waals surface area contributed by atoms with Crippen molar-refractivity contribution in [1.29, 1.82) is 0 Å². The number of hydrogen-bond donors (Lipinski definition) is 0. The lowest BCUT2D eigenvalue weighted by molar-refractivity contribution is -0.131. The first-order valence-electron chi connectivity index (χ1n) is 14.8. The summed E-state index contributed by atoms with van der Waals surface area (Å²) < 4.78 is 5.51. The van der Waals surface area contributed by atoms with Crippen molar-refractivity contribution in [3.05, 3.63) is 94.5 Å². The molecule has 6 nitrogen and oxygen atoms in total. The van der Waals surface area contributed by atoms with Gasteiger partial charge < -0.3 is 14.5 Å². The predicted octanol–water partition coefficient (Wildman–Crippen LogP) is 6.35. The topological polar surface area (TPSA) is 53.1 Å². The highest BCUT2D eigenvalue weighted by Gasteiger charge is 2.35. The van der Waals surface area contributed by atoms with E-state index in [4.69, 9.17) is 16.3 Å². The molecule has 0 unspecified atom stereocenters. The van der Waals surface area contributed by atoms with Crippen LogP contribution in [-0.4, -0.2) is 54.9 Å². The van der Waals surface area contributed by atoms with Gasteiger partial charge >= 0.3 is 0 Å². The van der Waals surface area contributed by atoms with Crippen LogP contribution in [0.2, 0.25) is 5.02 Å². The van der Waals surface area contributed by atoms with E-state index in [1.807, 2.05) is 64.4 Å².